The summed E-state index contributed by atoms with van der Waals surface area (Å²) in [5.41, 5.74) is 1.00. The van der Waals surface area contributed by atoms with Crippen LogP contribution in [0.2, 0.25) is 0 Å². The summed E-state index contributed by atoms with van der Waals surface area (Å²) in [5, 5.41) is 19.9. The Morgan fingerprint density at radius 1 is 1.40 bits per heavy atom. The number of amides is 1. The Morgan fingerprint density at radius 2 is 2.05 bits per heavy atom. The highest BCUT2D eigenvalue weighted by molar-refractivity contribution is 5.85. The van der Waals surface area contributed by atoms with Gasteiger partial charge in [0.1, 0.15) is 6.04 Å². The van der Waals surface area contributed by atoms with Gasteiger partial charge in [0.25, 0.3) is 0 Å². The van der Waals surface area contributed by atoms with Crippen molar-refractivity contribution in [2.75, 3.05) is 6.61 Å². The zero-order valence-electron chi connectivity index (χ0n) is 11.3. The molecule has 0 aromatic carbocycles. The molecular weight excluding hydrogens is 266 g/mol. The first-order valence-electron chi connectivity index (χ1n) is 6.04. The number of nitrogens with one attached hydrogen (secondary N) is 2. The first kappa shape index (κ1) is 15.8. The molecule has 1 rings (SSSR count). The number of aromatic amines is 1. The van der Waals surface area contributed by atoms with Crippen molar-refractivity contribution in [3.63, 3.8) is 0 Å². The van der Waals surface area contributed by atoms with E-state index in [1.54, 1.807) is 13.8 Å². The number of aromatic nitrogens is 2. The second-order valence-electron chi connectivity index (χ2n) is 4.38. The van der Waals surface area contributed by atoms with E-state index < -0.39 is 23.6 Å². The molecule has 0 fully saturated rings. The number of H-pyrrole nitrogens is 1. The van der Waals surface area contributed by atoms with Crippen molar-refractivity contribution in [2.45, 2.75) is 32.7 Å². The molecule has 8 nitrogen and oxygen atoms in total. The fourth-order valence-electron chi connectivity index (χ4n) is 1.81. The van der Waals surface area contributed by atoms with Crippen molar-refractivity contribution in [2.24, 2.45) is 0 Å². The van der Waals surface area contributed by atoms with Crippen LogP contribution < -0.4 is 11.0 Å². The quantitative estimate of drug-likeness (QED) is 0.523. The maximum absolute atomic E-state index is 11.8. The number of nitrogens with zero attached hydrogens (tertiary/aromatic N) is 1. The SMILES string of the molecule is Cc1nc(=O)[nH]c(C)c1CC(=O)N[C@@H](CCO)C(=O)O. The molecule has 0 saturated carbocycles. The van der Waals surface area contributed by atoms with Gasteiger partial charge in [0.05, 0.1) is 6.42 Å². The Bertz CT molecular complexity index is 540. The van der Waals surface area contributed by atoms with Crippen LogP contribution in [0.3, 0.4) is 0 Å². The molecule has 1 atom stereocenters. The third-order valence-corrected chi connectivity index (χ3v) is 2.84. The highest BCUT2D eigenvalue weighted by Gasteiger charge is 2.20. The standard InChI is InChI=1S/C12H17N3O5/c1-6-8(7(2)14-12(20)13-6)5-10(17)15-9(3-4-16)11(18)19/h9,16H,3-5H2,1-2H3,(H,15,17)(H,18,19)(H,13,14,20)/t9-/m0/s1. The topological polar surface area (TPSA) is 132 Å². The summed E-state index contributed by atoms with van der Waals surface area (Å²) >= 11 is 0. The van der Waals surface area contributed by atoms with E-state index in [1.807, 2.05) is 0 Å². The lowest BCUT2D eigenvalue weighted by Crippen LogP contribution is -2.42. The minimum atomic E-state index is -1.21. The van der Waals surface area contributed by atoms with Crippen LogP contribution in [0.25, 0.3) is 0 Å². The van der Waals surface area contributed by atoms with Gasteiger partial charge in [-0.15, -0.1) is 0 Å². The lowest BCUT2D eigenvalue weighted by molar-refractivity contribution is -0.142. The Balaban J connectivity index is 2.81. The number of aliphatic hydroxyl groups excluding tert-OH is 1. The third-order valence-electron chi connectivity index (χ3n) is 2.84. The molecule has 0 saturated heterocycles. The second kappa shape index (κ2) is 6.80. The molecule has 0 aliphatic heterocycles. The van der Waals surface area contributed by atoms with E-state index in [9.17, 15) is 14.4 Å². The number of rotatable bonds is 6. The number of carboxylic acid groups (broad SMARTS) is 1. The van der Waals surface area contributed by atoms with Crippen molar-refractivity contribution >= 4 is 11.9 Å². The van der Waals surface area contributed by atoms with E-state index in [0.29, 0.717) is 17.0 Å². The van der Waals surface area contributed by atoms with Crippen LogP contribution in [0.4, 0.5) is 0 Å². The molecule has 1 amide bonds. The summed E-state index contributed by atoms with van der Waals surface area (Å²) in [6, 6.07) is -1.14. The molecule has 0 unspecified atom stereocenters. The van der Waals surface area contributed by atoms with Crippen molar-refractivity contribution in [1.82, 2.24) is 15.3 Å². The summed E-state index contributed by atoms with van der Waals surface area (Å²) in [6.07, 6.45) is -0.153. The summed E-state index contributed by atoms with van der Waals surface area (Å²) in [6.45, 7) is 2.91. The van der Waals surface area contributed by atoms with Gasteiger partial charge in [0, 0.05) is 30.0 Å². The van der Waals surface area contributed by atoms with Gasteiger partial charge < -0.3 is 20.5 Å². The van der Waals surface area contributed by atoms with Gasteiger partial charge >= 0.3 is 11.7 Å². The van der Waals surface area contributed by atoms with Crippen LogP contribution in [0, 0.1) is 13.8 Å². The van der Waals surface area contributed by atoms with Gasteiger partial charge in [-0.1, -0.05) is 0 Å². The normalized spacial score (nSPS) is 11.9. The van der Waals surface area contributed by atoms with Gasteiger partial charge in [-0.3, -0.25) is 4.79 Å². The van der Waals surface area contributed by atoms with Crippen molar-refractivity contribution in [1.29, 1.82) is 0 Å². The van der Waals surface area contributed by atoms with Crippen molar-refractivity contribution in [3.8, 4) is 0 Å². The maximum atomic E-state index is 11.8. The van der Waals surface area contributed by atoms with Gasteiger partial charge in [-0.2, -0.15) is 4.98 Å². The highest BCUT2D eigenvalue weighted by Crippen LogP contribution is 2.07. The predicted octanol–water partition coefficient (Wildman–Crippen LogP) is -1.12. The molecule has 4 N–H and O–H groups in total. The molecule has 20 heavy (non-hydrogen) atoms. The number of aliphatic hydroxyl groups is 1. The highest BCUT2D eigenvalue weighted by atomic mass is 16.4. The Labute approximate surface area is 114 Å². The van der Waals surface area contributed by atoms with Crippen LogP contribution in [0.15, 0.2) is 4.79 Å². The molecule has 0 aliphatic carbocycles. The number of hydrogen-bond acceptors (Lipinski definition) is 5. The first-order chi connectivity index (χ1) is 9.35. The Morgan fingerprint density at radius 3 is 2.55 bits per heavy atom. The average molecular weight is 283 g/mol. The van der Waals surface area contributed by atoms with E-state index >= 15 is 0 Å². The molecule has 0 spiro atoms. The first-order valence-corrected chi connectivity index (χ1v) is 6.04. The van der Waals surface area contributed by atoms with E-state index in [2.05, 4.69) is 15.3 Å². The van der Waals surface area contributed by atoms with Gasteiger partial charge in [-0.05, 0) is 13.8 Å². The van der Waals surface area contributed by atoms with E-state index in [0.717, 1.165) is 0 Å². The van der Waals surface area contributed by atoms with Gasteiger partial charge in [-0.25, -0.2) is 9.59 Å². The van der Waals surface area contributed by atoms with Crippen LogP contribution in [0.5, 0.6) is 0 Å². The predicted molar refractivity (Wildman–Crippen MR) is 69.3 cm³/mol. The van der Waals surface area contributed by atoms with Gasteiger partial charge in [0.15, 0.2) is 0 Å². The molecule has 8 heteroatoms. The molecule has 1 aromatic rings. The zero-order valence-corrected chi connectivity index (χ0v) is 11.3. The van der Waals surface area contributed by atoms with Crippen molar-refractivity contribution in [3.05, 3.63) is 27.4 Å². The van der Waals surface area contributed by atoms with Gasteiger partial charge in [0.2, 0.25) is 5.91 Å². The molecule has 0 aliphatic rings. The summed E-state index contributed by atoms with van der Waals surface area (Å²) in [4.78, 5) is 40.0. The maximum Gasteiger partial charge on any atom is 0.345 e. The molecule has 0 radical (unpaired) electrons. The minimum Gasteiger partial charge on any atom is -0.480 e. The van der Waals surface area contributed by atoms with Crippen LogP contribution in [0.1, 0.15) is 23.4 Å². The van der Waals surface area contributed by atoms with E-state index in [1.165, 1.54) is 0 Å². The zero-order chi connectivity index (χ0) is 15.3. The molecule has 1 heterocycles. The number of aryl methyl sites for hydroxylation is 2. The van der Waals surface area contributed by atoms with Crippen LogP contribution in [-0.2, 0) is 16.0 Å². The molecular formula is C12H17N3O5. The lowest BCUT2D eigenvalue weighted by Gasteiger charge is -2.14. The summed E-state index contributed by atoms with van der Waals surface area (Å²) in [5.74, 6) is -1.72. The molecule has 110 valence electrons. The number of hydrogen-bond donors (Lipinski definition) is 4. The van der Waals surface area contributed by atoms with Crippen LogP contribution >= 0.6 is 0 Å². The minimum absolute atomic E-state index is 0.0666. The number of aliphatic carboxylic acids is 1. The summed E-state index contributed by atoms with van der Waals surface area (Å²) in [7, 11) is 0. The summed E-state index contributed by atoms with van der Waals surface area (Å²) < 4.78 is 0. The second-order valence-corrected chi connectivity index (χ2v) is 4.38. The van der Waals surface area contributed by atoms with E-state index in [4.69, 9.17) is 10.2 Å². The Hall–Kier alpha value is -2.22. The average Bonchev–Trinajstić information content (AvgIpc) is 2.33. The number of carbonyl (C=O) groups is 2. The third kappa shape index (κ3) is 4.16. The van der Waals surface area contributed by atoms with Crippen LogP contribution in [-0.4, -0.2) is 44.7 Å². The largest absolute Gasteiger partial charge is 0.480 e. The Kier molecular flexibility index (Phi) is 5.39. The lowest BCUT2D eigenvalue weighted by atomic mass is 10.1. The molecule has 0 bridgehead atoms. The fourth-order valence-corrected chi connectivity index (χ4v) is 1.81. The monoisotopic (exact) mass is 283 g/mol. The van der Waals surface area contributed by atoms with Crippen molar-refractivity contribution < 1.29 is 19.8 Å². The number of carbonyl (C=O) groups excluding carboxylic acids is 1. The van der Waals surface area contributed by atoms with E-state index in [-0.39, 0.29) is 19.4 Å². The smallest absolute Gasteiger partial charge is 0.345 e. The number of carboxylic acids is 1. The fraction of sp³-hybridized carbons (Fsp3) is 0.500. The molecule has 1 aromatic heterocycles.